The molecule has 0 radical (unpaired) electrons. The lowest BCUT2D eigenvalue weighted by molar-refractivity contribution is -0.156. The van der Waals surface area contributed by atoms with Crippen LogP contribution in [0.3, 0.4) is 0 Å². The second kappa shape index (κ2) is 6.77. The van der Waals surface area contributed by atoms with Gasteiger partial charge in [0.1, 0.15) is 24.5 Å². The molecule has 0 bridgehead atoms. The molecule has 0 saturated heterocycles. The van der Waals surface area contributed by atoms with Crippen LogP contribution < -0.4 is 9.47 Å². The van der Waals surface area contributed by atoms with Crippen LogP contribution in [-0.2, 0) is 16.1 Å². The highest BCUT2D eigenvalue weighted by Crippen LogP contribution is 2.31. The molecule has 7 heteroatoms. The first-order valence-electron chi connectivity index (χ1n) is 8.76. The van der Waals surface area contributed by atoms with Crippen molar-refractivity contribution in [1.82, 2.24) is 5.16 Å². The summed E-state index contributed by atoms with van der Waals surface area (Å²) in [6.45, 7) is 0.0585. The van der Waals surface area contributed by atoms with Gasteiger partial charge in [0.2, 0.25) is 11.9 Å². The summed E-state index contributed by atoms with van der Waals surface area (Å²) in [7, 11) is 0. The number of benzene rings is 2. The lowest BCUT2D eigenvalue weighted by Crippen LogP contribution is -2.37. The maximum absolute atomic E-state index is 12.3. The SMILES string of the molecule is O=C(OCc1cc(-c2cc3ccccc3o2)on1)C1COc2ccccc2O1. The van der Waals surface area contributed by atoms with Crippen molar-refractivity contribution in [1.29, 1.82) is 0 Å². The number of fused-ring (bicyclic) bond motifs is 2. The minimum absolute atomic E-state index is 0.0376. The van der Waals surface area contributed by atoms with Gasteiger partial charge in [0, 0.05) is 11.5 Å². The molecule has 3 heterocycles. The normalized spacial score (nSPS) is 15.5. The monoisotopic (exact) mass is 377 g/mol. The molecule has 2 aromatic heterocycles. The Labute approximate surface area is 159 Å². The van der Waals surface area contributed by atoms with Crippen molar-refractivity contribution in [3.63, 3.8) is 0 Å². The van der Waals surface area contributed by atoms with Gasteiger partial charge in [-0.25, -0.2) is 4.79 Å². The first-order chi connectivity index (χ1) is 13.8. The Bertz CT molecular complexity index is 1110. The van der Waals surface area contributed by atoms with Gasteiger partial charge < -0.3 is 23.2 Å². The summed E-state index contributed by atoms with van der Waals surface area (Å²) >= 11 is 0. The van der Waals surface area contributed by atoms with E-state index in [0.717, 1.165) is 11.0 Å². The number of hydrogen-bond donors (Lipinski definition) is 0. The van der Waals surface area contributed by atoms with Gasteiger partial charge in [-0.2, -0.15) is 0 Å². The van der Waals surface area contributed by atoms with E-state index in [1.165, 1.54) is 0 Å². The fourth-order valence-corrected chi connectivity index (χ4v) is 2.97. The average molecular weight is 377 g/mol. The van der Waals surface area contributed by atoms with E-state index < -0.39 is 12.1 Å². The fourth-order valence-electron chi connectivity index (χ4n) is 2.97. The van der Waals surface area contributed by atoms with Crippen molar-refractivity contribution in [2.75, 3.05) is 6.61 Å². The van der Waals surface area contributed by atoms with Crippen LogP contribution in [0, 0.1) is 0 Å². The van der Waals surface area contributed by atoms with Crippen LogP contribution in [0.25, 0.3) is 22.5 Å². The summed E-state index contributed by atoms with van der Waals surface area (Å²) in [4.78, 5) is 12.3. The highest BCUT2D eigenvalue weighted by Gasteiger charge is 2.29. The number of hydrogen-bond acceptors (Lipinski definition) is 7. The van der Waals surface area contributed by atoms with Crippen LogP contribution >= 0.6 is 0 Å². The first-order valence-corrected chi connectivity index (χ1v) is 8.76. The van der Waals surface area contributed by atoms with Crippen LogP contribution in [0.2, 0.25) is 0 Å². The second-order valence-electron chi connectivity index (χ2n) is 6.30. The Morgan fingerprint density at radius 3 is 2.75 bits per heavy atom. The van der Waals surface area contributed by atoms with Crippen molar-refractivity contribution >= 4 is 16.9 Å². The Hall–Kier alpha value is -3.74. The molecular weight excluding hydrogens is 362 g/mol. The predicted octanol–water partition coefficient (Wildman–Crippen LogP) is 3.97. The number of ether oxygens (including phenoxy) is 3. The van der Waals surface area contributed by atoms with Crippen LogP contribution in [0.1, 0.15) is 5.69 Å². The van der Waals surface area contributed by atoms with Crippen molar-refractivity contribution in [3.8, 4) is 23.0 Å². The molecule has 0 fully saturated rings. The van der Waals surface area contributed by atoms with Crippen molar-refractivity contribution in [3.05, 3.63) is 66.4 Å². The van der Waals surface area contributed by atoms with E-state index in [9.17, 15) is 4.79 Å². The highest BCUT2D eigenvalue weighted by molar-refractivity contribution is 5.81. The summed E-state index contributed by atoms with van der Waals surface area (Å²) in [5.41, 5.74) is 1.23. The number of carbonyl (C=O) groups excluding carboxylic acids is 1. The van der Waals surface area contributed by atoms with E-state index in [2.05, 4.69) is 5.16 Å². The minimum Gasteiger partial charge on any atom is -0.485 e. The number of carbonyl (C=O) groups is 1. The smallest absolute Gasteiger partial charge is 0.351 e. The highest BCUT2D eigenvalue weighted by atomic mass is 16.6. The van der Waals surface area contributed by atoms with Gasteiger partial charge in [-0.15, -0.1) is 0 Å². The van der Waals surface area contributed by atoms with Gasteiger partial charge >= 0.3 is 5.97 Å². The average Bonchev–Trinajstić information content (AvgIpc) is 3.38. The summed E-state index contributed by atoms with van der Waals surface area (Å²) in [6, 6.07) is 18.4. The molecule has 0 amide bonds. The predicted molar refractivity (Wildman–Crippen MR) is 97.9 cm³/mol. The van der Waals surface area contributed by atoms with E-state index in [0.29, 0.717) is 28.7 Å². The maximum atomic E-state index is 12.3. The zero-order valence-electron chi connectivity index (χ0n) is 14.7. The molecule has 1 aliphatic rings. The Morgan fingerprint density at radius 2 is 1.86 bits per heavy atom. The quantitative estimate of drug-likeness (QED) is 0.498. The Balaban J connectivity index is 1.23. The molecule has 140 valence electrons. The zero-order chi connectivity index (χ0) is 18.9. The van der Waals surface area contributed by atoms with Crippen molar-refractivity contribution < 1.29 is 27.9 Å². The summed E-state index contributed by atoms with van der Waals surface area (Å²) < 4.78 is 27.5. The summed E-state index contributed by atoms with van der Waals surface area (Å²) in [5.74, 6) is 1.63. The molecule has 28 heavy (non-hydrogen) atoms. The summed E-state index contributed by atoms with van der Waals surface area (Å²) in [5, 5.41) is 4.90. The van der Waals surface area contributed by atoms with Gasteiger partial charge in [-0.1, -0.05) is 35.5 Å². The molecule has 1 aliphatic heterocycles. The molecule has 2 aromatic carbocycles. The minimum atomic E-state index is -0.823. The molecular formula is C21H15NO6. The van der Waals surface area contributed by atoms with E-state index in [1.54, 1.807) is 18.2 Å². The van der Waals surface area contributed by atoms with Gasteiger partial charge in [0.15, 0.2) is 17.3 Å². The van der Waals surface area contributed by atoms with Gasteiger partial charge in [-0.05, 0) is 24.3 Å². The van der Waals surface area contributed by atoms with Crippen LogP contribution in [0.5, 0.6) is 11.5 Å². The third-order valence-electron chi connectivity index (χ3n) is 4.36. The number of nitrogens with zero attached hydrogens (tertiary/aromatic N) is 1. The molecule has 0 aliphatic carbocycles. The first kappa shape index (κ1) is 16.4. The van der Waals surface area contributed by atoms with Crippen LogP contribution in [-0.4, -0.2) is 23.8 Å². The lowest BCUT2D eigenvalue weighted by atomic mass is 10.2. The van der Waals surface area contributed by atoms with E-state index in [1.807, 2.05) is 42.5 Å². The van der Waals surface area contributed by atoms with Gasteiger partial charge in [-0.3, -0.25) is 0 Å². The summed E-state index contributed by atoms with van der Waals surface area (Å²) in [6.07, 6.45) is -0.823. The Morgan fingerprint density at radius 1 is 1.04 bits per heavy atom. The molecule has 5 rings (SSSR count). The van der Waals surface area contributed by atoms with E-state index in [4.69, 9.17) is 23.2 Å². The zero-order valence-corrected chi connectivity index (χ0v) is 14.7. The molecule has 4 aromatic rings. The molecule has 0 saturated carbocycles. The number of aromatic nitrogens is 1. The number of esters is 1. The fraction of sp³-hybridized carbons (Fsp3) is 0.143. The van der Waals surface area contributed by atoms with Crippen LogP contribution in [0.15, 0.2) is 69.6 Å². The van der Waals surface area contributed by atoms with Crippen molar-refractivity contribution in [2.24, 2.45) is 0 Å². The molecule has 7 nitrogen and oxygen atoms in total. The maximum Gasteiger partial charge on any atom is 0.351 e. The topological polar surface area (TPSA) is 83.9 Å². The van der Waals surface area contributed by atoms with E-state index >= 15 is 0 Å². The van der Waals surface area contributed by atoms with Crippen molar-refractivity contribution in [2.45, 2.75) is 12.7 Å². The third kappa shape index (κ3) is 3.07. The van der Waals surface area contributed by atoms with Crippen LogP contribution in [0.4, 0.5) is 0 Å². The molecule has 0 N–H and O–H groups in total. The standard InChI is InChI=1S/C21H15NO6/c23-21(20-12-24-16-7-3-4-8-17(16)27-20)25-11-14-10-19(28-22-14)18-9-13-5-1-2-6-15(13)26-18/h1-10,20H,11-12H2. The van der Waals surface area contributed by atoms with E-state index in [-0.39, 0.29) is 13.2 Å². The Kier molecular flexibility index (Phi) is 3.97. The second-order valence-corrected chi connectivity index (χ2v) is 6.30. The van der Waals surface area contributed by atoms with Gasteiger partial charge in [0.05, 0.1) is 0 Å². The molecule has 1 atom stereocenters. The number of para-hydroxylation sites is 3. The largest absolute Gasteiger partial charge is 0.485 e. The molecule has 0 spiro atoms. The lowest BCUT2D eigenvalue weighted by Gasteiger charge is -2.24. The number of furan rings is 1. The van der Waals surface area contributed by atoms with Gasteiger partial charge in [0.25, 0.3) is 0 Å². The number of rotatable bonds is 4. The third-order valence-corrected chi connectivity index (χ3v) is 4.36. The molecule has 1 unspecified atom stereocenters.